The molecule has 4 aromatic rings. The van der Waals surface area contributed by atoms with Gasteiger partial charge in [-0.15, -0.1) is 0 Å². The molecule has 1 amide bonds. The number of carbonyl (C=O) groups excluding carboxylic acids is 1. The van der Waals surface area contributed by atoms with Gasteiger partial charge in [0.2, 0.25) is 6.04 Å². The van der Waals surface area contributed by atoms with E-state index in [2.05, 4.69) is 18.3 Å². The summed E-state index contributed by atoms with van der Waals surface area (Å²) >= 11 is 0. The molecule has 0 fully saturated rings. The van der Waals surface area contributed by atoms with E-state index in [4.69, 9.17) is 9.15 Å². The number of methoxy groups -OCH3 is 1. The summed E-state index contributed by atoms with van der Waals surface area (Å²) in [6.07, 6.45) is 2.96. The number of hydrogen-bond acceptors (Lipinski definition) is 3. The van der Waals surface area contributed by atoms with E-state index in [1.807, 2.05) is 67.1 Å². The molecule has 0 aliphatic heterocycles. The van der Waals surface area contributed by atoms with Crippen molar-refractivity contribution in [2.24, 2.45) is 0 Å². The minimum Gasteiger partial charge on any atom is -0.495 e. The van der Waals surface area contributed by atoms with E-state index in [1.165, 1.54) is 5.56 Å². The Morgan fingerprint density at radius 3 is 2.69 bits per heavy atom. The molecule has 0 aliphatic carbocycles. The number of nitrogens with one attached hydrogen (secondary N) is 1. The van der Waals surface area contributed by atoms with Crippen molar-refractivity contribution in [2.75, 3.05) is 12.4 Å². The lowest BCUT2D eigenvalue weighted by atomic mass is 10.1. The van der Waals surface area contributed by atoms with Crippen LogP contribution in [0.4, 0.5) is 5.69 Å². The SMILES string of the molecule is CCc1ccc(C)[n+]([C@@H](C)C(=O)Nc2cc3oc4ccccc4c3cc2OC)c1. The van der Waals surface area contributed by atoms with Gasteiger partial charge in [-0.2, -0.15) is 4.57 Å². The van der Waals surface area contributed by atoms with E-state index in [-0.39, 0.29) is 11.9 Å². The molecule has 1 N–H and O–H groups in total. The maximum atomic E-state index is 13.0. The van der Waals surface area contributed by atoms with Crippen molar-refractivity contribution in [1.29, 1.82) is 0 Å². The van der Waals surface area contributed by atoms with E-state index in [0.717, 1.165) is 28.5 Å². The van der Waals surface area contributed by atoms with Crippen LogP contribution in [-0.4, -0.2) is 13.0 Å². The smallest absolute Gasteiger partial charge is 0.293 e. The van der Waals surface area contributed by atoms with Crippen LogP contribution in [0.25, 0.3) is 21.9 Å². The Morgan fingerprint density at radius 1 is 1.14 bits per heavy atom. The van der Waals surface area contributed by atoms with Crippen LogP contribution in [0.5, 0.6) is 5.75 Å². The molecule has 2 aromatic heterocycles. The van der Waals surface area contributed by atoms with Crippen LogP contribution in [-0.2, 0) is 11.2 Å². The number of carbonyl (C=O) groups is 1. The monoisotopic (exact) mass is 389 g/mol. The number of ether oxygens (including phenoxy) is 1. The van der Waals surface area contributed by atoms with E-state index in [9.17, 15) is 4.79 Å². The molecule has 2 heterocycles. The first-order valence-corrected chi connectivity index (χ1v) is 9.82. The Balaban J connectivity index is 1.69. The highest BCUT2D eigenvalue weighted by atomic mass is 16.5. The zero-order chi connectivity index (χ0) is 20.5. The molecule has 4 rings (SSSR count). The van der Waals surface area contributed by atoms with Crippen LogP contribution in [0, 0.1) is 6.92 Å². The Morgan fingerprint density at radius 2 is 1.93 bits per heavy atom. The van der Waals surface area contributed by atoms with Gasteiger partial charge in [0.1, 0.15) is 16.9 Å². The first-order chi connectivity index (χ1) is 14.0. The van der Waals surface area contributed by atoms with Gasteiger partial charge in [0.25, 0.3) is 5.91 Å². The van der Waals surface area contributed by atoms with E-state index in [0.29, 0.717) is 17.0 Å². The zero-order valence-electron chi connectivity index (χ0n) is 17.2. The van der Waals surface area contributed by atoms with Gasteiger partial charge >= 0.3 is 0 Å². The number of pyridine rings is 1. The molecule has 5 heteroatoms. The second-order valence-corrected chi connectivity index (χ2v) is 7.25. The fourth-order valence-electron chi connectivity index (χ4n) is 3.65. The van der Waals surface area contributed by atoms with Gasteiger partial charge in [-0.3, -0.25) is 4.79 Å². The third kappa shape index (κ3) is 3.44. The summed E-state index contributed by atoms with van der Waals surface area (Å²) in [5.74, 6) is 0.494. The van der Waals surface area contributed by atoms with Crippen LogP contribution in [0.2, 0.25) is 0 Å². The molecule has 0 radical (unpaired) electrons. The molecule has 148 valence electrons. The summed E-state index contributed by atoms with van der Waals surface area (Å²) in [5, 5.41) is 5.00. The largest absolute Gasteiger partial charge is 0.495 e. The Bertz CT molecular complexity index is 1210. The molecule has 0 saturated carbocycles. The number of benzene rings is 2. The van der Waals surface area contributed by atoms with E-state index >= 15 is 0 Å². The van der Waals surface area contributed by atoms with Gasteiger partial charge in [-0.05, 0) is 24.6 Å². The third-order valence-corrected chi connectivity index (χ3v) is 5.41. The van der Waals surface area contributed by atoms with Gasteiger partial charge in [0.05, 0.1) is 12.8 Å². The Hall–Kier alpha value is -3.34. The number of amides is 1. The highest BCUT2D eigenvalue weighted by Gasteiger charge is 2.26. The summed E-state index contributed by atoms with van der Waals surface area (Å²) in [4.78, 5) is 13.0. The van der Waals surface area contributed by atoms with Crippen LogP contribution < -0.4 is 14.6 Å². The summed E-state index contributed by atoms with van der Waals surface area (Å²) in [5.41, 5.74) is 4.35. The number of para-hydroxylation sites is 1. The minimum absolute atomic E-state index is 0.111. The molecule has 0 saturated heterocycles. The first-order valence-electron chi connectivity index (χ1n) is 9.82. The highest BCUT2D eigenvalue weighted by Crippen LogP contribution is 2.36. The van der Waals surface area contributed by atoms with E-state index in [1.54, 1.807) is 7.11 Å². The Labute approximate surface area is 169 Å². The molecule has 1 atom stereocenters. The molecule has 0 unspecified atom stereocenters. The van der Waals surface area contributed by atoms with Crippen LogP contribution >= 0.6 is 0 Å². The number of furan rings is 1. The van der Waals surface area contributed by atoms with E-state index < -0.39 is 0 Å². The maximum Gasteiger partial charge on any atom is 0.293 e. The van der Waals surface area contributed by atoms with Crippen molar-refractivity contribution >= 4 is 33.5 Å². The molecule has 2 aromatic carbocycles. The van der Waals surface area contributed by atoms with Crippen molar-refractivity contribution in [2.45, 2.75) is 33.2 Å². The fourth-order valence-corrected chi connectivity index (χ4v) is 3.65. The van der Waals surface area contributed by atoms with Crippen molar-refractivity contribution < 1.29 is 18.5 Å². The van der Waals surface area contributed by atoms with Crippen molar-refractivity contribution in [3.63, 3.8) is 0 Å². The second kappa shape index (κ2) is 7.59. The highest BCUT2D eigenvalue weighted by molar-refractivity contribution is 6.07. The summed E-state index contributed by atoms with van der Waals surface area (Å²) in [6.45, 7) is 6.01. The predicted molar refractivity (Wildman–Crippen MR) is 114 cm³/mol. The second-order valence-electron chi connectivity index (χ2n) is 7.25. The first kappa shape index (κ1) is 19.0. The van der Waals surface area contributed by atoms with Crippen molar-refractivity contribution in [1.82, 2.24) is 0 Å². The zero-order valence-corrected chi connectivity index (χ0v) is 17.2. The van der Waals surface area contributed by atoms with Gasteiger partial charge in [-0.1, -0.05) is 25.1 Å². The maximum absolute atomic E-state index is 13.0. The Kier molecular flexibility index (Phi) is 4.97. The van der Waals surface area contributed by atoms with Gasteiger partial charge in [0, 0.05) is 42.3 Å². The standard InChI is InChI=1S/C24H24N2O3/c1-5-17-11-10-15(2)26(14-17)16(3)24(27)25-20-13-22-19(12-23(20)28-4)18-8-6-7-9-21(18)29-22/h6-14,16H,5H2,1-4H3/p+1/t16-/m0/s1. The fraction of sp³-hybridized carbons (Fsp3) is 0.250. The van der Waals surface area contributed by atoms with Gasteiger partial charge in [0.15, 0.2) is 11.9 Å². The molecular formula is C24H25N2O3+. The lowest BCUT2D eigenvalue weighted by Gasteiger charge is -2.13. The molecule has 29 heavy (non-hydrogen) atoms. The summed E-state index contributed by atoms with van der Waals surface area (Å²) < 4.78 is 13.5. The van der Waals surface area contributed by atoms with Crippen molar-refractivity contribution in [3.8, 4) is 5.75 Å². The van der Waals surface area contributed by atoms with Crippen LogP contribution in [0.1, 0.15) is 31.1 Å². The molecule has 0 bridgehead atoms. The average Bonchev–Trinajstić information content (AvgIpc) is 3.10. The number of aryl methyl sites for hydroxylation is 2. The molecular weight excluding hydrogens is 364 g/mol. The minimum atomic E-state index is -0.363. The number of fused-ring (bicyclic) bond motifs is 3. The lowest BCUT2D eigenvalue weighted by Crippen LogP contribution is -2.47. The lowest BCUT2D eigenvalue weighted by molar-refractivity contribution is -0.711. The van der Waals surface area contributed by atoms with Crippen LogP contribution in [0.3, 0.4) is 0 Å². The number of anilines is 1. The normalized spacial score (nSPS) is 12.3. The molecule has 0 spiro atoms. The number of nitrogens with zero attached hydrogens (tertiary/aromatic N) is 1. The average molecular weight is 389 g/mol. The number of aromatic nitrogens is 1. The molecule has 0 aliphatic rings. The van der Waals surface area contributed by atoms with Gasteiger partial charge in [-0.25, -0.2) is 0 Å². The quantitative estimate of drug-likeness (QED) is 0.491. The summed E-state index contributed by atoms with van der Waals surface area (Å²) in [7, 11) is 1.60. The van der Waals surface area contributed by atoms with Crippen LogP contribution in [0.15, 0.2) is 59.1 Å². The predicted octanol–water partition coefficient (Wildman–Crippen LogP) is 4.95. The van der Waals surface area contributed by atoms with Gasteiger partial charge < -0.3 is 14.5 Å². The molecule has 5 nitrogen and oxygen atoms in total. The number of rotatable bonds is 5. The third-order valence-electron chi connectivity index (χ3n) is 5.41. The summed E-state index contributed by atoms with van der Waals surface area (Å²) in [6, 6.07) is 15.4. The van der Waals surface area contributed by atoms with Crippen molar-refractivity contribution in [3.05, 3.63) is 66.0 Å². The number of hydrogen-bond donors (Lipinski definition) is 1. The topological polar surface area (TPSA) is 55.3 Å².